The van der Waals surface area contributed by atoms with Crippen molar-refractivity contribution in [3.05, 3.63) is 52.2 Å². The fourth-order valence-corrected chi connectivity index (χ4v) is 4.69. The molecule has 2 heterocycles. The number of carbonyl (C=O) groups excluding carboxylic acids is 3. The second kappa shape index (κ2) is 10.1. The zero-order valence-corrected chi connectivity index (χ0v) is 19.4. The lowest BCUT2D eigenvalue weighted by molar-refractivity contribution is -0.142. The largest absolute Gasteiger partial charge is 0.466 e. The van der Waals surface area contributed by atoms with E-state index < -0.39 is 18.5 Å². The normalized spacial score (nSPS) is 15.0. The molecule has 1 aromatic carbocycles. The van der Waals surface area contributed by atoms with E-state index in [0.717, 1.165) is 41.4 Å². The number of amides is 1. The van der Waals surface area contributed by atoms with Gasteiger partial charge in [0, 0.05) is 16.5 Å². The van der Waals surface area contributed by atoms with Gasteiger partial charge in [-0.2, -0.15) is 0 Å². The number of fused-ring (bicyclic) bond motifs is 2. The number of esters is 2. The molecule has 2 aromatic heterocycles. The second-order valence-electron chi connectivity index (χ2n) is 8.03. The smallest absolute Gasteiger partial charge is 0.339 e. The van der Waals surface area contributed by atoms with Crippen LogP contribution in [0.4, 0.5) is 5.13 Å². The van der Waals surface area contributed by atoms with Crippen LogP contribution in [-0.4, -0.2) is 41.0 Å². The summed E-state index contributed by atoms with van der Waals surface area (Å²) in [5.41, 5.74) is 3.61. The molecule has 0 saturated carbocycles. The first-order chi connectivity index (χ1) is 15.9. The summed E-state index contributed by atoms with van der Waals surface area (Å²) >= 11 is 1.19. The summed E-state index contributed by atoms with van der Waals surface area (Å²) in [6, 6.07) is 7.50. The molecular formula is C24H25N3O5S. The van der Waals surface area contributed by atoms with E-state index in [0.29, 0.717) is 28.9 Å². The highest BCUT2D eigenvalue weighted by atomic mass is 32.1. The van der Waals surface area contributed by atoms with Crippen molar-refractivity contribution in [2.75, 3.05) is 18.5 Å². The fraction of sp³-hybridized carbons (Fsp3) is 0.375. The van der Waals surface area contributed by atoms with Gasteiger partial charge in [0.2, 0.25) is 0 Å². The van der Waals surface area contributed by atoms with E-state index in [1.54, 1.807) is 12.3 Å². The average Bonchev–Trinajstić information content (AvgIpc) is 3.22. The van der Waals surface area contributed by atoms with Crippen LogP contribution in [-0.2, 0) is 38.3 Å². The van der Waals surface area contributed by atoms with Gasteiger partial charge in [0.25, 0.3) is 5.91 Å². The molecule has 4 rings (SSSR count). The molecule has 33 heavy (non-hydrogen) atoms. The van der Waals surface area contributed by atoms with Crippen molar-refractivity contribution in [3.63, 3.8) is 0 Å². The SMILES string of the molecule is CCOC(=O)Cc1csc(NC(=O)COC(=O)c2c3c(nc4ccccc24)CCC(C)C3)n1. The van der Waals surface area contributed by atoms with Gasteiger partial charge in [0.05, 0.1) is 29.8 Å². The summed E-state index contributed by atoms with van der Waals surface area (Å²) in [6.07, 6.45) is 2.64. The first kappa shape index (κ1) is 22.8. The Hall–Kier alpha value is -3.33. The summed E-state index contributed by atoms with van der Waals surface area (Å²) < 4.78 is 10.3. The number of aromatic nitrogens is 2. The number of carbonyl (C=O) groups is 3. The van der Waals surface area contributed by atoms with E-state index in [-0.39, 0.29) is 12.4 Å². The maximum absolute atomic E-state index is 13.1. The Labute approximate surface area is 195 Å². The van der Waals surface area contributed by atoms with Crippen LogP contribution in [0, 0.1) is 5.92 Å². The summed E-state index contributed by atoms with van der Waals surface area (Å²) in [4.78, 5) is 46.0. The van der Waals surface area contributed by atoms with Gasteiger partial charge in [-0.05, 0) is 43.7 Å². The molecule has 0 aliphatic heterocycles. The van der Waals surface area contributed by atoms with E-state index in [1.807, 2.05) is 24.3 Å². The second-order valence-corrected chi connectivity index (χ2v) is 8.89. The van der Waals surface area contributed by atoms with Crippen LogP contribution in [0.3, 0.4) is 0 Å². The van der Waals surface area contributed by atoms with Crippen molar-refractivity contribution in [3.8, 4) is 0 Å². The lowest BCUT2D eigenvalue weighted by atomic mass is 9.84. The first-order valence-electron chi connectivity index (χ1n) is 10.9. The van der Waals surface area contributed by atoms with Crippen molar-refractivity contribution in [1.29, 1.82) is 0 Å². The van der Waals surface area contributed by atoms with Crippen molar-refractivity contribution < 1.29 is 23.9 Å². The van der Waals surface area contributed by atoms with E-state index >= 15 is 0 Å². The molecule has 8 nitrogen and oxygen atoms in total. The van der Waals surface area contributed by atoms with E-state index in [1.165, 1.54) is 11.3 Å². The molecule has 1 aliphatic rings. The molecule has 0 fully saturated rings. The maximum Gasteiger partial charge on any atom is 0.339 e. The zero-order chi connectivity index (χ0) is 23.4. The topological polar surface area (TPSA) is 107 Å². The van der Waals surface area contributed by atoms with Crippen LogP contribution in [0.2, 0.25) is 0 Å². The number of pyridine rings is 1. The quantitative estimate of drug-likeness (QED) is 0.528. The summed E-state index contributed by atoms with van der Waals surface area (Å²) in [6.45, 7) is 3.75. The third-order valence-corrected chi connectivity index (χ3v) is 6.28. The van der Waals surface area contributed by atoms with Gasteiger partial charge in [-0.25, -0.2) is 9.78 Å². The number of hydrogen-bond donors (Lipinski definition) is 1. The Bertz CT molecular complexity index is 1210. The minimum absolute atomic E-state index is 0.0356. The Morgan fingerprint density at radius 3 is 2.82 bits per heavy atom. The van der Waals surface area contributed by atoms with Gasteiger partial charge >= 0.3 is 11.9 Å². The molecule has 1 unspecified atom stereocenters. The molecule has 0 radical (unpaired) electrons. The molecule has 1 aliphatic carbocycles. The molecule has 1 amide bonds. The summed E-state index contributed by atoms with van der Waals surface area (Å²) in [5.74, 6) is -0.960. The number of nitrogens with one attached hydrogen (secondary N) is 1. The molecule has 172 valence electrons. The highest BCUT2D eigenvalue weighted by Gasteiger charge is 2.26. The van der Waals surface area contributed by atoms with Crippen molar-refractivity contribution >= 4 is 45.2 Å². The highest BCUT2D eigenvalue weighted by Crippen LogP contribution is 2.32. The van der Waals surface area contributed by atoms with Crippen LogP contribution >= 0.6 is 11.3 Å². The lowest BCUT2D eigenvalue weighted by Crippen LogP contribution is -2.23. The highest BCUT2D eigenvalue weighted by molar-refractivity contribution is 7.13. The number of benzene rings is 1. The third kappa shape index (κ3) is 5.36. The van der Waals surface area contributed by atoms with E-state index in [2.05, 4.69) is 17.2 Å². The van der Waals surface area contributed by atoms with E-state index in [4.69, 9.17) is 14.5 Å². The minimum Gasteiger partial charge on any atom is -0.466 e. The molecule has 0 saturated heterocycles. The van der Waals surface area contributed by atoms with Crippen LogP contribution in [0.5, 0.6) is 0 Å². The van der Waals surface area contributed by atoms with Crippen LogP contribution in [0.25, 0.3) is 10.9 Å². The monoisotopic (exact) mass is 467 g/mol. The van der Waals surface area contributed by atoms with Gasteiger partial charge < -0.3 is 9.47 Å². The zero-order valence-electron chi connectivity index (χ0n) is 18.6. The molecule has 0 bridgehead atoms. The van der Waals surface area contributed by atoms with Gasteiger partial charge in [-0.3, -0.25) is 19.9 Å². The van der Waals surface area contributed by atoms with Crippen LogP contribution in [0.1, 0.15) is 47.6 Å². The van der Waals surface area contributed by atoms with Crippen LogP contribution < -0.4 is 5.32 Å². The van der Waals surface area contributed by atoms with Gasteiger partial charge in [-0.15, -0.1) is 11.3 Å². The lowest BCUT2D eigenvalue weighted by Gasteiger charge is -2.24. The number of ether oxygens (including phenoxy) is 2. The fourth-order valence-electron chi connectivity index (χ4n) is 3.96. The van der Waals surface area contributed by atoms with Gasteiger partial charge in [-0.1, -0.05) is 25.1 Å². The van der Waals surface area contributed by atoms with Crippen molar-refractivity contribution in [1.82, 2.24) is 9.97 Å². The van der Waals surface area contributed by atoms with Crippen molar-refractivity contribution in [2.24, 2.45) is 5.92 Å². The minimum atomic E-state index is -0.531. The third-order valence-electron chi connectivity index (χ3n) is 5.47. The molecule has 1 N–H and O–H groups in total. The van der Waals surface area contributed by atoms with Gasteiger partial charge in [0.15, 0.2) is 11.7 Å². The molecule has 1 atom stereocenters. The first-order valence-corrected chi connectivity index (χ1v) is 11.8. The average molecular weight is 468 g/mol. The van der Waals surface area contributed by atoms with Gasteiger partial charge in [0.1, 0.15) is 0 Å². The summed E-state index contributed by atoms with van der Waals surface area (Å²) in [5, 5.41) is 5.35. The van der Waals surface area contributed by atoms with E-state index in [9.17, 15) is 14.4 Å². The molecule has 3 aromatic rings. The Morgan fingerprint density at radius 2 is 2.00 bits per heavy atom. The number of para-hydroxylation sites is 1. The number of hydrogen-bond acceptors (Lipinski definition) is 8. The molecule has 0 spiro atoms. The molecular weight excluding hydrogens is 442 g/mol. The number of nitrogens with zero attached hydrogens (tertiary/aromatic N) is 2. The maximum atomic E-state index is 13.1. The Morgan fingerprint density at radius 1 is 1.18 bits per heavy atom. The number of rotatable bonds is 7. The molecule has 9 heteroatoms. The predicted molar refractivity (Wildman–Crippen MR) is 124 cm³/mol. The van der Waals surface area contributed by atoms with Crippen molar-refractivity contribution in [2.45, 2.75) is 39.5 Å². The number of anilines is 1. The Balaban J connectivity index is 1.44. The number of aryl methyl sites for hydroxylation is 1. The standard InChI is InChI=1S/C24H25N3O5S/c1-3-31-21(29)11-15-13-33-24(25-15)27-20(28)12-32-23(30)22-16-6-4-5-7-18(16)26-19-9-8-14(2)10-17(19)22/h4-7,13-14H,3,8-12H2,1-2H3,(H,25,27,28). The van der Waals surface area contributed by atoms with Crippen LogP contribution in [0.15, 0.2) is 29.6 Å². The number of thiazole rings is 1. The Kier molecular flexibility index (Phi) is 6.98. The summed E-state index contributed by atoms with van der Waals surface area (Å²) in [7, 11) is 0. The predicted octanol–water partition coefficient (Wildman–Crippen LogP) is 3.72.